The first-order valence-corrected chi connectivity index (χ1v) is 9.48. The molecule has 1 N–H and O–H groups in total. The Labute approximate surface area is 165 Å². The zero-order chi connectivity index (χ0) is 20.9. The van der Waals surface area contributed by atoms with Crippen molar-refractivity contribution in [3.05, 3.63) is 11.8 Å². The second-order valence-corrected chi connectivity index (χ2v) is 8.24. The maximum atomic E-state index is 12.4. The predicted octanol–water partition coefficient (Wildman–Crippen LogP) is 2.42. The first-order chi connectivity index (χ1) is 13.0. The van der Waals surface area contributed by atoms with Crippen molar-refractivity contribution in [1.29, 1.82) is 0 Å². The van der Waals surface area contributed by atoms with Crippen LogP contribution in [0.1, 0.15) is 45.8 Å². The van der Waals surface area contributed by atoms with E-state index in [1.807, 2.05) is 20.8 Å². The van der Waals surface area contributed by atoms with Crippen LogP contribution in [0.3, 0.4) is 0 Å². The molecule has 28 heavy (non-hydrogen) atoms. The fourth-order valence-corrected chi connectivity index (χ4v) is 2.96. The summed E-state index contributed by atoms with van der Waals surface area (Å²) in [6.07, 6.45) is 1.52. The Kier molecular flexibility index (Phi) is 7.04. The van der Waals surface area contributed by atoms with E-state index < -0.39 is 5.60 Å². The Bertz CT molecular complexity index is 701. The highest BCUT2D eigenvalue weighted by molar-refractivity contribution is 5.93. The molecule has 1 aliphatic rings. The third kappa shape index (κ3) is 6.86. The second kappa shape index (κ2) is 9.07. The molecule has 0 spiro atoms. The van der Waals surface area contributed by atoms with Crippen LogP contribution in [0, 0.1) is 12.8 Å². The van der Waals surface area contributed by atoms with Crippen molar-refractivity contribution in [1.82, 2.24) is 15.0 Å². The highest BCUT2D eigenvalue weighted by Gasteiger charge is 2.28. The van der Waals surface area contributed by atoms with Gasteiger partial charge >= 0.3 is 6.09 Å². The van der Waals surface area contributed by atoms with Gasteiger partial charge in [0, 0.05) is 32.6 Å². The molecule has 9 heteroatoms. The maximum absolute atomic E-state index is 12.4. The van der Waals surface area contributed by atoms with Crippen LogP contribution >= 0.6 is 0 Å². The number of likely N-dealkylation sites (N-methyl/N-ethyl adjacent to an activating group) is 1. The molecule has 1 saturated heterocycles. The number of amides is 3. The van der Waals surface area contributed by atoms with Crippen molar-refractivity contribution in [3.8, 4) is 0 Å². The van der Waals surface area contributed by atoms with Gasteiger partial charge in [-0.1, -0.05) is 5.16 Å². The predicted molar refractivity (Wildman–Crippen MR) is 103 cm³/mol. The lowest BCUT2D eigenvalue weighted by Gasteiger charge is -2.33. The van der Waals surface area contributed by atoms with E-state index in [9.17, 15) is 14.4 Å². The van der Waals surface area contributed by atoms with Crippen LogP contribution in [0.2, 0.25) is 0 Å². The number of aryl methyl sites for hydroxylation is 1. The summed E-state index contributed by atoms with van der Waals surface area (Å²) in [5.74, 6) is 0.691. The van der Waals surface area contributed by atoms with E-state index >= 15 is 0 Å². The zero-order valence-electron chi connectivity index (χ0n) is 17.3. The highest BCUT2D eigenvalue weighted by Crippen LogP contribution is 2.23. The topological polar surface area (TPSA) is 105 Å². The number of carbonyl (C=O) groups excluding carboxylic acids is 3. The van der Waals surface area contributed by atoms with E-state index in [0.29, 0.717) is 31.1 Å². The monoisotopic (exact) mass is 394 g/mol. The molecule has 0 aliphatic carbocycles. The van der Waals surface area contributed by atoms with Crippen molar-refractivity contribution in [3.63, 3.8) is 0 Å². The molecule has 1 aliphatic heterocycles. The van der Waals surface area contributed by atoms with E-state index in [1.54, 1.807) is 24.9 Å². The van der Waals surface area contributed by atoms with Gasteiger partial charge in [-0.2, -0.15) is 0 Å². The molecule has 2 rings (SSSR count). The third-order valence-electron chi connectivity index (χ3n) is 4.43. The SMILES string of the molecule is Cc1cc(NC(=O)CN(C)C(=O)CC2CCN(C(=O)OC(C)(C)C)CC2)no1. The third-order valence-corrected chi connectivity index (χ3v) is 4.43. The Balaban J connectivity index is 1.72. The summed E-state index contributed by atoms with van der Waals surface area (Å²) in [4.78, 5) is 39.6. The van der Waals surface area contributed by atoms with E-state index in [2.05, 4.69) is 10.5 Å². The molecule has 0 bridgehead atoms. The highest BCUT2D eigenvalue weighted by atomic mass is 16.6. The summed E-state index contributed by atoms with van der Waals surface area (Å²) in [7, 11) is 1.60. The van der Waals surface area contributed by atoms with E-state index in [4.69, 9.17) is 9.26 Å². The summed E-state index contributed by atoms with van der Waals surface area (Å²) in [5.41, 5.74) is -0.516. The number of rotatable bonds is 5. The molecule has 156 valence electrons. The normalized spacial score (nSPS) is 15.2. The van der Waals surface area contributed by atoms with Gasteiger partial charge in [0.15, 0.2) is 5.82 Å². The minimum absolute atomic E-state index is 0.0541. The molecule has 0 atom stereocenters. The summed E-state index contributed by atoms with van der Waals surface area (Å²) in [6, 6.07) is 1.61. The van der Waals surface area contributed by atoms with Crippen molar-refractivity contribution in [2.24, 2.45) is 5.92 Å². The quantitative estimate of drug-likeness (QED) is 0.822. The van der Waals surface area contributed by atoms with Crippen LogP contribution in [0.4, 0.5) is 10.6 Å². The van der Waals surface area contributed by atoms with Gasteiger partial charge in [-0.15, -0.1) is 0 Å². The molecule has 0 aromatic carbocycles. The lowest BCUT2D eigenvalue weighted by molar-refractivity contribution is -0.134. The van der Waals surface area contributed by atoms with Crippen LogP contribution in [-0.2, 0) is 14.3 Å². The largest absolute Gasteiger partial charge is 0.444 e. The first-order valence-electron chi connectivity index (χ1n) is 9.48. The van der Waals surface area contributed by atoms with Gasteiger partial charge in [0.2, 0.25) is 11.8 Å². The van der Waals surface area contributed by atoms with Gasteiger partial charge in [0.1, 0.15) is 11.4 Å². The van der Waals surface area contributed by atoms with Crippen LogP contribution < -0.4 is 5.32 Å². The molecule has 0 saturated carbocycles. The first kappa shape index (κ1) is 21.7. The number of nitrogens with one attached hydrogen (secondary N) is 1. The molecule has 1 aromatic rings. The number of piperidine rings is 1. The number of ether oxygens (including phenoxy) is 1. The van der Waals surface area contributed by atoms with Gasteiger partial charge < -0.3 is 24.4 Å². The Morgan fingerprint density at radius 1 is 1.32 bits per heavy atom. The molecule has 2 heterocycles. The smallest absolute Gasteiger partial charge is 0.410 e. The molecule has 3 amide bonds. The van der Waals surface area contributed by atoms with Crippen molar-refractivity contribution in [2.75, 3.05) is 32.0 Å². The molecule has 0 unspecified atom stereocenters. The number of likely N-dealkylation sites (tertiary alicyclic amines) is 1. The van der Waals surface area contributed by atoms with Crippen molar-refractivity contribution < 1.29 is 23.6 Å². The van der Waals surface area contributed by atoms with Gasteiger partial charge in [0.25, 0.3) is 0 Å². The Morgan fingerprint density at radius 2 is 1.96 bits per heavy atom. The number of anilines is 1. The van der Waals surface area contributed by atoms with Crippen LogP contribution in [0.25, 0.3) is 0 Å². The average molecular weight is 394 g/mol. The second-order valence-electron chi connectivity index (χ2n) is 8.24. The lowest BCUT2D eigenvalue weighted by Crippen LogP contribution is -2.43. The standard InChI is InChI=1S/C19H30N4O5/c1-13-10-15(21-28-13)20-16(24)12-22(5)17(25)11-14-6-8-23(9-7-14)18(26)27-19(2,3)4/h10,14H,6-9,11-12H2,1-5H3,(H,20,21,24). The van der Waals surface area contributed by atoms with Crippen LogP contribution in [0.15, 0.2) is 10.6 Å². The van der Waals surface area contributed by atoms with Gasteiger partial charge in [0.05, 0.1) is 6.54 Å². The van der Waals surface area contributed by atoms with Gasteiger partial charge in [-0.3, -0.25) is 9.59 Å². The van der Waals surface area contributed by atoms with Gasteiger partial charge in [-0.05, 0) is 46.5 Å². The molecule has 1 aromatic heterocycles. The minimum atomic E-state index is -0.516. The minimum Gasteiger partial charge on any atom is -0.444 e. The molecule has 9 nitrogen and oxygen atoms in total. The van der Waals surface area contributed by atoms with Gasteiger partial charge in [-0.25, -0.2) is 4.79 Å². The fourth-order valence-electron chi connectivity index (χ4n) is 2.96. The van der Waals surface area contributed by atoms with Crippen molar-refractivity contribution >= 4 is 23.7 Å². The van der Waals surface area contributed by atoms with E-state index in [-0.39, 0.29) is 30.4 Å². The summed E-state index contributed by atoms with van der Waals surface area (Å²) < 4.78 is 10.3. The Morgan fingerprint density at radius 3 is 2.50 bits per heavy atom. The van der Waals surface area contributed by atoms with Crippen LogP contribution in [-0.4, -0.2) is 65.1 Å². The number of aromatic nitrogens is 1. The number of carbonyl (C=O) groups is 3. The molecule has 0 radical (unpaired) electrons. The summed E-state index contributed by atoms with van der Waals surface area (Å²) in [6.45, 7) is 8.34. The fraction of sp³-hybridized carbons (Fsp3) is 0.684. The lowest BCUT2D eigenvalue weighted by atomic mass is 9.93. The van der Waals surface area contributed by atoms with Crippen LogP contribution in [0.5, 0.6) is 0 Å². The number of hydrogen-bond acceptors (Lipinski definition) is 6. The van der Waals surface area contributed by atoms with Crippen molar-refractivity contribution in [2.45, 2.75) is 52.6 Å². The van der Waals surface area contributed by atoms with E-state index in [0.717, 1.165) is 12.8 Å². The molecular formula is C19H30N4O5. The average Bonchev–Trinajstić information content (AvgIpc) is 2.98. The number of hydrogen-bond donors (Lipinski definition) is 1. The molecular weight excluding hydrogens is 364 g/mol. The summed E-state index contributed by atoms with van der Waals surface area (Å²) >= 11 is 0. The van der Waals surface area contributed by atoms with E-state index in [1.165, 1.54) is 4.90 Å². The Hall–Kier alpha value is -2.58. The zero-order valence-corrected chi connectivity index (χ0v) is 17.3. The molecule has 1 fully saturated rings. The number of nitrogens with zero attached hydrogens (tertiary/aromatic N) is 3. The summed E-state index contributed by atoms with van der Waals surface area (Å²) in [5, 5.41) is 6.29. The maximum Gasteiger partial charge on any atom is 0.410 e.